The standard InChI is InChI=1S/C21H23N3O3/c1-21(2,3)27-20(26)23-17(13-14-9-5-4-6-10-14)18-22-16-12-8-7-11-15(16)19(25)24-18/h4-12,17H,13H2,1-3H3,(H,23,26)(H,22,24,25). The smallest absolute Gasteiger partial charge is 0.408 e. The first-order valence-corrected chi connectivity index (χ1v) is 8.84. The van der Waals surface area contributed by atoms with Gasteiger partial charge in [-0.1, -0.05) is 42.5 Å². The Morgan fingerprint density at radius 2 is 1.78 bits per heavy atom. The highest BCUT2D eigenvalue weighted by molar-refractivity contribution is 5.77. The predicted octanol–water partition coefficient (Wildman–Crippen LogP) is 3.73. The van der Waals surface area contributed by atoms with Crippen molar-refractivity contribution >= 4 is 17.0 Å². The molecule has 6 nitrogen and oxygen atoms in total. The van der Waals surface area contributed by atoms with Gasteiger partial charge in [0.2, 0.25) is 0 Å². The summed E-state index contributed by atoms with van der Waals surface area (Å²) in [5.74, 6) is 0.397. The average molecular weight is 365 g/mol. The molecule has 0 fully saturated rings. The zero-order valence-corrected chi connectivity index (χ0v) is 15.7. The van der Waals surface area contributed by atoms with Crippen LogP contribution in [0.5, 0.6) is 0 Å². The third-order valence-electron chi connectivity index (χ3n) is 3.93. The molecule has 1 heterocycles. The summed E-state index contributed by atoms with van der Waals surface area (Å²) in [5.41, 5.74) is 0.736. The molecular formula is C21H23N3O3. The molecule has 2 N–H and O–H groups in total. The fourth-order valence-electron chi connectivity index (χ4n) is 2.79. The number of carbonyl (C=O) groups excluding carboxylic acids is 1. The molecule has 0 bridgehead atoms. The summed E-state index contributed by atoms with van der Waals surface area (Å²) in [7, 11) is 0. The van der Waals surface area contributed by atoms with E-state index in [1.165, 1.54) is 0 Å². The lowest BCUT2D eigenvalue weighted by atomic mass is 10.1. The van der Waals surface area contributed by atoms with E-state index < -0.39 is 17.7 Å². The van der Waals surface area contributed by atoms with Crippen molar-refractivity contribution < 1.29 is 9.53 Å². The van der Waals surface area contributed by atoms with Gasteiger partial charge in [0, 0.05) is 6.42 Å². The maximum Gasteiger partial charge on any atom is 0.408 e. The van der Waals surface area contributed by atoms with Crippen molar-refractivity contribution in [3.8, 4) is 0 Å². The maximum atomic E-state index is 12.4. The van der Waals surface area contributed by atoms with E-state index in [0.29, 0.717) is 23.1 Å². The van der Waals surface area contributed by atoms with Crippen LogP contribution in [0.1, 0.15) is 38.2 Å². The van der Waals surface area contributed by atoms with Gasteiger partial charge in [0.1, 0.15) is 11.4 Å². The Morgan fingerprint density at radius 3 is 2.48 bits per heavy atom. The topological polar surface area (TPSA) is 84.1 Å². The summed E-state index contributed by atoms with van der Waals surface area (Å²) in [6.45, 7) is 5.40. The summed E-state index contributed by atoms with van der Waals surface area (Å²) in [6.07, 6.45) is -0.0827. The quantitative estimate of drug-likeness (QED) is 0.738. The molecule has 2 aromatic carbocycles. The molecule has 0 saturated heterocycles. The zero-order valence-electron chi connectivity index (χ0n) is 15.7. The second kappa shape index (κ2) is 7.61. The van der Waals surface area contributed by atoms with E-state index in [9.17, 15) is 9.59 Å². The first kappa shape index (κ1) is 18.6. The minimum absolute atomic E-state index is 0.236. The molecule has 0 spiro atoms. The number of nitrogens with one attached hydrogen (secondary N) is 2. The number of fused-ring (bicyclic) bond motifs is 1. The Kier molecular flexibility index (Phi) is 5.26. The van der Waals surface area contributed by atoms with Gasteiger partial charge in [-0.3, -0.25) is 4.79 Å². The summed E-state index contributed by atoms with van der Waals surface area (Å²) in [5, 5.41) is 3.35. The Labute approximate surface area is 157 Å². The number of nitrogens with zero attached hydrogens (tertiary/aromatic N) is 1. The molecule has 1 unspecified atom stereocenters. The Bertz CT molecular complexity index is 991. The van der Waals surface area contributed by atoms with Crippen molar-refractivity contribution in [3.05, 3.63) is 76.3 Å². The molecule has 1 amide bonds. The van der Waals surface area contributed by atoms with Crippen LogP contribution in [0.25, 0.3) is 10.9 Å². The van der Waals surface area contributed by atoms with E-state index in [1.54, 1.807) is 39.0 Å². The van der Waals surface area contributed by atoms with E-state index in [4.69, 9.17) is 4.74 Å². The predicted molar refractivity (Wildman–Crippen MR) is 105 cm³/mol. The number of hydrogen-bond donors (Lipinski definition) is 2. The lowest BCUT2D eigenvalue weighted by Gasteiger charge is -2.23. The molecule has 27 heavy (non-hydrogen) atoms. The number of amides is 1. The van der Waals surface area contributed by atoms with Crippen LogP contribution in [-0.2, 0) is 11.2 Å². The molecule has 140 valence electrons. The lowest BCUT2D eigenvalue weighted by molar-refractivity contribution is 0.0501. The van der Waals surface area contributed by atoms with Crippen LogP contribution in [-0.4, -0.2) is 21.7 Å². The van der Waals surface area contributed by atoms with Gasteiger partial charge < -0.3 is 15.0 Å². The van der Waals surface area contributed by atoms with E-state index in [2.05, 4.69) is 15.3 Å². The van der Waals surface area contributed by atoms with Gasteiger partial charge in [-0.15, -0.1) is 0 Å². The largest absolute Gasteiger partial charge is 0.444 e. The van der Waals surface area contributed by atoms with Gasteiger partial charge in [-0.05, 0) is 38.5 Å². The van der Waals surface area contributed by atoms with Crippen LogP contribution in [0.15, 0.2) is 59.4 Å². The molecule has 1 aromatic heterocycles. The number of aromatic amines is 1. The van der Waals surface area contributed by atoms with Gasteiger partial charge >= 0.3 is 6.09 Å². The third-order valence-corrected chi connectivity index (χ3v) is 3.93. The third kappa shape index (κ3) is 4.94. The zero-order chi connectivity index (χ0) is 19.4. The van der Waals surface area contributed by atoms with Gasteiger partial charge in [-0.2, -0.15) is 0 Å². The summed E-state index contributed by atoms with van der Waals surface area (Å²) in [4.78, 5) is 32.1. The van der Waals surface area contributed by atoms with Crippen LogP contribution >= 0.6 is 0 Å². The Hall–Kier alpha value is -3.15. The highest BCUT2D eigenvalue weighted by Gasteiger charge is 2.23. The fraction of sp³-hybridized carbons (Fsp3) is 0.286. The average Bonchev–Trinajstić information content (AvgIpc) is 2.60. The lowest BCUT2D eigenvalue weighted by Crippen LogP contribution is -2.37. The summed E-state index contributed by atoms with van der Waals surface area (Å²) < 4.78 is 5.38. The fourth-order valence-corrected chi connectivity index (χ4v) is 2.79. The molecule has 0 aliphatic heterocycles. The van der Waals surface area contributed by atoms with Crippen LogP contribution < -0.4 is 10.9 Å². The monoisotopic (exact) mass is 365 g/mol. The number of ether oxygens (including phenoxy) is 1. The molecular weight excluding hydrogens is 342 g/mol. The molecule has 3 aromatic rings. The first-order chi connectivity index (χ1) is 12.8. The SMILES string of the molecule is CC(C)(C)OC(=O)NC(Cc1ccccc1)c1nc2ccccc2c(=O)[nH]1. The number of rotatable bonds is 4. The summed E-state index contributed by atoms with van der Waals surface area (Å²) >= 11 is 0. The number of para-hydroxylation sites is 1. The van der Waals surface area contributed by atoms with Crippen molar-refractivity contribution in [2.45, 2.75) is 38.8 Å². The van der Waals surface area contributed by atoms with Crippen LogP contribution in [0.2, 0.25) is 0 Å². The van der Waals surface area contributed by atoms with Gasteiger partial charge in [-0.25, -0.2) is 9.78 Å². The van der Waals surface area contributed by atoms with E-state index in [0.717, 1.165) is 5.56 Å². The number of carbonyl (C=O) groups is 1. The van der Waals surface area contributed by atoms with Crippen molar-refractivity contribution in [1.29, 1.82) is 0 Å². The van der Waals surface area contributed by atoms with Gasteiger partial charge in [0.15, 0.2) is 0 Å². The molecule has 0 aliphatic rings. The molecule has 0 aliphatic carbocycles. The minimum Gasteiger partial charge on any atom is -0.444 e. The van der Waals surface area contributed by atoms with Crippen molar-refractivity contribution in [3.63, 3.8) is 0 Å². The Morgan fingerprint density at radius 1 is 1.11 bits per heavy atom. The molecule has 3 rings (SSSR count). The van der Waals surface area contributed by atoms with Crippen LogP contribution in [0, 0.1) is 0 Å². The van der Waals surface area contributed by atoms with Crippen LogP contribution in [0.4, 0.5) is 4.79 Å². The first-order valence-electron chi connectivity index (χ1n) is 8.84. The maximum absolute atomic E-state index is 12.4. The number of benzene rings is 2. The number of H-pyrrole nitrogens is 1. The molecule has 0 saturated carbocycles. The number of aromatic nitrogens is 2. The van der Waals surface area contributed by atoms with Crippen molar-refractivity contribution in [2.24, 2.45) is 0 Å². The van der Waals surface area contributed by atoms with Gasteiger partial charge in [0.25, 0.3) is 5.56 Å². The second-order valence-electron chi connectivity index (χ2n) is 7.36. The number of hydrogen-bond acceptors (Lipinski definition) is 4. The highest BCUT2D eigenvalue weighted by Crippen LogP contribution is 2.18. The van der Waals surface area contributed by atoms with E-state index >= 15 is 0 Å². The molecule has 1 atom stereocenters. The molecule has 6 heteroatoms. The number of alkyl carbamates (subject to hydrolysis) is 1. The summed E-state index contributed by atoms with van der Waals surface area (Å²) in [6, 6.07) is 16.3. The minimum atomic E-state index is -0.619. The Balaban J connectivity index is 1.96. The highest BCUT2D eigenvalue weighted by atomic mass is 16.6. The van der Waals surface area contributed by atoms with E-state index in [1.807, 2.05) is 36.4 Å². The van der Waals surface area contributed by atoms with Crippen LogP contribution in [0.3, 0.4) is 0 Å². The van der Waals surface area contributed by atoms with Crippen molar-refractivity contribution in [2.75, 3.05) is 0 Å². The van der Waals surface area contributed by atoms with Gasteiger partial charge in [0.05, 0.1) is 16.9 Å². The molecule has 0 radical (unpaired) electrons. The van der Waals surface area contributed by atoms with E-state index in [-0.39, 0.29) is 5.56 Å². The second-order valence-corrected chi connectivity index (χ2v) is 7.36. The van der Waals surface area contributed by atoms with Crippen molar-refractivity contribution in [1.82, 2.24) is 15.3 Å². The normalized spacial score (nSPS) is 12.6.